The van der Waals surface area contributed by atoms with Gasteiger partial charge in [-0.15, -0.1) is 0 Å². The molecule has 5 N–H and O–H groups in total. The number of hydrogen-bond donors (Lipinski definition) is 3. The van der Waals surface area contributed by atoms with Crippen molar-refractivity contribution < 1.29 is 9.53 Å². The van der Waals surface area contributed by atoms with E-state index in [4.69, 9.17) is 39.4 Å². The summed E-state index contributed by atoms with van der Waals surface area (Å²) in [5.41, 5.74) is 13.0. The summed E-state index contributed by atoms with van der Waals surface area (Å²) in [5.74, 6) is 0.0253. The molecule has 0 saturated heterocycles. The zero-order chi connectivity index (χ0) is 24.9. The summed E-state index contributed by atoms with van der Waals surface area (Å²) in [6, 6.07) is 18.6. The summed E-state index contributed by atoms with van der Waals surface area (Å²) in [6.07, 6.45) is 1.61. The van der Waals surface area contributed by atoms with E-state index in [0.717, 1.165) is 11.1 Å². The maximum absolute atomic E-state index is 13.2. The Kier molecular flexibility index (Phi) is 8.55. The van der Waals surface area contributed by atoms with Gasteiger partial charge in [-0.2, -0.15) is 0 Å². The number of amides is 1. The molecule has 3 rings (SSSR count). The van der Waals surface area contributed by atoms with Gasteiger partial charge in [0.2, 0.25) is 5.88 Å². The molecular formula is C26H30Cl2N4O2. The number of hydrogen-bond acceptors (Lipinski definition) is 5. The topological polar surface area (TPSA) is 103 Å². The van der Waals surface area contributed by atoms with Gasteiger partial charge in [0.25, 0.3) is 5.91 Å². The Bertz CT molecular complexity index is 1100. The molecule has 0 aliphatic rings. The zero-order valence-electron chi connectivity index (χ0n) is 19.5. The Balaban J connectivity index is 1.76. The third-order valence-electron chi connectivity index (χ3n) is 5.66. The molecule has 0 radical (unpaired) electrons. The molecule has 180 valence electrons. The first-order chi connectivity index (χ1) is 16.0. The largest absolute Gasteiger partial charge is 0.462 e. The van der Waals surface area contributed by atoms with Gasteiger partial charge in [0.15, 0.2) is 5.60 Å². The molecule has 3 aromatic rings. The fourth-order valence-electron chi connectivity index (χ4n) is 3.63. The maximum atomic E-state index is 13.2. The molecule has 1 heterocycles. The highest BCUT2D eigenvalue weighted by Gasteiger charge is 2.33. The third kappa shape index (κ3) is 6.93. The average molecular weight is 501 g/mol. The van der Waals surface area contributed by atoms with Crippen LogP contribution in [0.1, 0.15) is 49.5 Å². The number of halogens is 2. The molecule has 2 atom stereocenters. The number of nitrogens with zero attached hydrogens (tertiary/aromatic N) is 1. The van der Waals surface area contributed by atoms with Crippen LogP contribution >= 0.6 is 23.2 Å². The summed E-state index contributed by atoms with van der Waals surface area (Å²) in [6.45, 7) is 5.38. The number of carbonyl (C=O) groups excluding carboxylic acids is 1. The van der Waals surface area contributed by atoms with Crippen LogP contribution in [0.2, 0.25) is 10.0 Å². The van der Waals surface area contributed by atoms with E-state index in [2.05, 4.69) is 10.3 Å². The van der Waals surface area contributed by atoms with Gasteiger partial charge in [-0.25, -0.2) is 4.98 Å². The van der Waals surface area contributed by atoms with Crippen LogP contribution in [-0.4, -0.2) is 22.5 Å². The first-order valence-corrected chi connectivity index (χ1v) is 11.8. The Morgan fingerprint density at radius 1 is 1.03 bits per heavy atom. The van der Waals surface area contributed by atoms with Gasteiger partial charge in [0.1, 0.15) is 0 Å². The van der Waals surface area contributed by atoms with Gasteiger partial charge in [-0.3, -0.25) is 4.79 Å². The monoisotopic (exact) mass is 500 g/mol. The normalized spacial score (nSPS) is 13.4. The second kappa shape index (κ2) is 11.2. The number of benzene rings is 2. The number of ether oxygens (including phenoxy) is 1. The number of rotatable bonds is 9. The first-order valence-electron chi connectivity index (χ1n) is 11.0. The summed E-state index contributed by atoms with van der Waals surface area (Å²) >= 11 is 12.3. The van der Waals surface area contributed by atoms with Crippen molar-refractivity contribution in [1.82, 2.24) is 10.3 Å². The molecule has 0 saturated carbocycles. The molecule has 6 nitrogen and oxygen atoms in total. The van der Waals surface area contributed by atoms with Crippen LogP contribution in [0.15, 0.2) is 66.9 Å². The second-order valence-electron chi connectivity index (χ2n) is 8.82. The Morgan fingerprint density at radius 3 is 2.32 bits per heavy atom. The fraction of sp³-hybridized carbons (Fsp3) is 0.308. The smallest absolute Gasteiger partial charge is 0.263 e. The zero-order valence-corrected chi connectivity index (χ0v) is 21.0. The number of pyridine rings is 1. The Hall–Kier alpha value is -2.64. The van der Waals surface area contributed by atoms with Crippen molar-refractivity contribution in [3.63, 3.8) is 0 Å². The van der Waals surface area contributed by atoms with Crippen LogP contribution < -0.4 is 21.5 Å². The average Bonchev–Trinajstić information content (AvgIpc) is 2.78. The molecule has 34 heavy (non-hydrogen) atoms. The molecule has 2 aromatic carbocycles. The van der Waals surface area contributed by atoms with E-state index in [0.29, 0.717) is 27.9 Å². The van der Waals surface area contributed by atoms with Crippen molar-refractivity contribution in [2.75, 3.05) is 0 Å². The van der Waals surface area contributed by atoms with Gasteiger partial charge >= 0.3 is 0 Å². The highest BCUT2D eigenvalue weighted by molar-refractivity contribution is 6.30. The molecular weight excluding hydrogens is 471 g/mol. The van der Waals surface area contributed by atoms with E-state index in [9.17, 15) is 4.79 Å². The standard InChI is InChI=1S/C26H30Cl2N4O2/c1-16(32-25(33)26(2,3)34-23-12-9-19(15-31-23)24(29)30)22(18-5-4-6-21(28)14-18)13-17-7-10-20(27)11-8-17/h4-12,14-16,22,24H,13,29-30H2,1-3H3,(H,32,33). The first kappa shape index (κ1) is 26.0. The SMILES string of the molecule is CC(NC(=O)C(C)(C)Oc1ccc(C(N)N)cn1)C(Cc1ccc(Cl)cc1)c1cccc(Cl)c1. The summed E-state index contributed by atoms with van der Waals surface area (Å²) in [7, 11) is 0. The van der Waals surface area contributed by atoms with Crippen LogP contribution in [-0.2, 0) is 11.2 Å². The fourth-order valence-corrected chi connectivity index (χ4v) is 3.96. The quantitative estimate of drug-likeness (QED) is 0.359. The van der Waals surface area contributed by atoms with Crippen molar-refractivity contribution in [1.29, 1.82) is 0 Å². The predicted octanol–water partition coefficient (Wildman–Crippen LogP) is 4.99. The van der Waals surface area contributed by atoms with Crippen molar-refractivity contribution in [3.8, 4) is 5.88 Å². The van der Waals surface area contributed by atoms with Crippen molar-refractivity contribution in [2.24, 2.45) is 11.5 Å². The van der Waals surface area contributed by atoms with Gasteiger partial charge in [-0.1, -0.05) is 47.5 Å². The van der Waals surface area contributed by atoms with Crippen LogP contribution in [0, 0.1) is 0 Å². The summed E-state index contributed by atoms with van der Waals surface area (Å²) in [5, 5.41) is 4.44. The van der Waals surface area contributed by atoms with Gasteiger partial charge < -0.3 is 21.5 Å². The predicted molar refractivity (Wildman–Crippen MR) is 137 cm³/mol. The number of nitrogens with one attached hydrogen (secondary N) is 1. The molecule has 0 bridgehead atoms. The van der Waals surface area contributed by atoms with Gasteiger partial charge in [-0.05, 0) is 68.7 Å². The number of nitrogens with two attached hydrogens (primary N) is 2. The Morgan fingerprint density at radius 2 is 1.74 bits per heavy atom. The van der Waals surface area contributed by atoms with Crippen molar-refractivity contribution in [2.45, 2.75) is 50.9 Å². The van der Waals surface area contributed by atoms with E-state index in [1.165, 1.54) is 6.20 Å². The maximum Gasteiger partial charge on any atom is 0.263 e. The number of carbonyl (C=O) groups is 1. The highest BCUT2D eigenvalue weighted by atomic mass is 35.5. The minimum atomic E-state index is -1.16. The lowest BCUT2D eigenvalue weighted by molar-refractivity contribution is -0.135. The van der Waals surface area contributed by atoms with Crippen molar-refractivity contribution >= 4 is 29.1 Å². The van der Waals surface area contributed by atoms with E-state index < -0.39 is 11.8 Å². The molecule has 0 aliphatic carbocycles. The van der Waals surface area contributed by atoms with Crippen LogP contribution in [0.3, 0.4) is 0 Å². The molecule has 0 aliphatic heterocycles. The summed E-state index contributed by atoms with van der Waals surface area (Å²) < 4.78 is 5.89. The third-order valence-corrected chi connectivity index (χ3v) is 6.15. The van der Waals surface area contributed by atoms with Crippen LogP contribution in [0.5, 0.6) is 5.88 Å². The number of aromatic nitrogens is 1. The molecule has 0 spiro atoms. The van der Waals surface area contributed by atoms with Gasteiger partial charge in [0.05, 0.1) is 6.17 Å². The Labute approximate surface area is 210 Å². The molecule has 8 heteroatoms. The lowest BCUT2D eigenvalue weighted by Crippen LogP contribution is -2.51. The lowest BCUT2D eigenvalue weighted by atomic mass is 9.86. The van der Waals surface area contributed by atoms with E-state index in [1.54, 1.807) is 26.0 Å². The summed E-state index contributed by atoms with van der Waals surface area (Å²) in [4.78, 5) is 17.4. The van der Waals surface area contributed by atoms with Crippen LogP contribution in [0.4, 0.5) is 0 Å². The molecule has 0 fully saturated rings. The van der Waals surface area contributed by atoms with E-state index in [1.807, 2.05) is 55.5 Å². The van der Waals surface area contributed by atoms with E-state index in [-0.39, 0.29) is 17.9 Å². The van der Waals surface area contributed by atoms with E-state index >= 15 is 0 Å². The molecule has 1 amide bonds. The lowest BCUT2D eigenvalue weighted by Gasteiger charge is -2.30. The highest BCUT2D eigenvalue weighted by Crippen LogP contribution is 2.28. The molecule has 1 aromatic heterocycles. The molecule has 2 unspecified atom stereocenters. The second-order valence-corrected chi connectivity index (χ2v) is 9.70. The van der Waals surface area contributed by atoms with Crippen LogP contribution in [0.25, 0.3) is 0 Å². The van der Waals surface area contributed by atoms with Gasteiger partial charge in [0, 0.05) is 39.8 Å². The van der Waals surface area contributed by atoms with Crippen molar-refractivity contribution in [3.05, 3.63) is 93.6 Å². The minimum Gasteiger partial charge on any atom is -0.462 e. The minimum absolute atomic E-state index is 0.0249.